The summed E-state index contributed by atoms with van der Waals surface area (Å²) in [5, 5.41) is 11.8. The average molecular weight is 277 g/mol. The summed E-state index contributed by atoms with van der Waals surface area (Å²) in [7, 11) is 0. The van der Waals surface area contributed by atoms with Gasteiger partial charge in [-0.1, -0.05) is 17.7 Å². The maximum Gasteiger partial charge on any atom is 0.220 e. The van der Waals surface area contributed by atoms with Gasteiger partial charge in [0, 0.05) is 24.9 Å². The zero-order valence-corrected chi connectivity index (χ0v) is 12.4. The van der Waals surface area contributed by atoms with Crippen molar-refractivity contribution in [3.05, 3.63) is 34.9 Å². The molecule has 0 bridgehead atoms. The van der Waals surface area contributed by atoms with Crippen LogP contribution in [0.25, 0.3) is 0 Å². The molecule has 4 heteroatoms. The van der Waals surface area contributed by atoms with Crippen LogP contribution in [0.15, 0.2) is 18.2 Å². The maximum absolute atomic E-state index is 12.1. The number of ketones is 1. The van der Waals surface area contributed by atoms with Crippen LogP contribution in [0.4, 0.5) is 0 Å². The average Bonchev–Trinajstić information content (AvgIpc) is 2.38. The molecule has 4 nitrogen and oxygen atoms in total. The minimum atomic E-state index is -0.424. The first-order valence-electron chi connectivity index (χ1n) is 6.95. The van der Waals surface area contributed by atoms with Crippen molar-refractivity contribution in [1.82, 2.24) is 5.32 Å². The third kappa shape index (κ3) is 5.53. The molecular weight excluding hydrogens is 254 g/mol. The highest BCUT2D eigenvalue weighted by molar-refractivity contribution is 5.99. The number of Topliss-reactive ketones (excluding diaryl/α,β-unsaturated/α-hetero) is 1. The van der Waals surface area contributed by atoms with Gasteiger partial charge in [0.2, 0.25) is 5.91 Å². The number of aliphatic hydroxyl groups is 1. The molecule has 0 spiro atoms. The largest absolute Gasteiger partial charge is 0.393 e. The molecule has 1 amide bonds. The van der Waals surface area contributed by atoms with Crippen LogP contribution in [0, 0.1) is 13.8 Å². The molecule has 0 radical (unpaired) electrons. The Morgan fingerprint density at radius 2 is 1.95 bits per heavy atom. The van der Waals surface area contributed by atoms with Gasteiger partial charge in [-0.05, 0) is 38.8 Å². The van der Waals surface area contributed by atoms with Crippen molar-refractivity contribution in [3.8, 4) is 0 Å². The number of carbonyl (C=O) groups is 2. The van der Waals surface area contributed by atoms with Gasteiger partial charge in [-0.25, -0.2) is 0 Å². The van der Waals surface area contributed by atoms with Crippen molar-refractivity contribution in [2.75, 3.05) is 6.54 Å². The van der Waals surface area contributed by atoms with Crippen LogP contribution in [0.5, 0.6) is 0 Å². The van der Waals surface area contributed by atoms with E-state index in [1.807, 2.05) is 32.0 Å². The first-order valence-corrected chi connectivity index (χ1v) is 6.95. The minimum Gasteiger partial charge on any atom is -0.393 e. The second-order valence-corrected chi connectivity index (χ2v) is 5.23. The molecule has 0 aromatic heterocycles. The van der Waals surface area contributed by atoms with Crippen molar-refractivity contribution in [2.45, 2.75) is 46.1 Å². The number of hydrogen-bond donors (Lipinski definition) is 2. The monoisotopic (exact) mass is 277 g/mol. The molecule has 20 heavy (non-hydrogen) atoms. The van der Waals surface area contributed by atoms with Gasteiger partial charge in [-0.3, -0.25) is 9.59 Å². The highest BCUT2D eigenvalue weighted by atomic mass is 16.3. The Morgan fingerprint density at radius 3 is 2.60 bits per heavy atom. The fourth-order valence-electron chi connectivity index (χ4n) is 1.91. The Kier molecular flexibility index (Phi) is 6.39. The number of benzene rings is 1. The number of nitrogens with one attached hydrogen (secondary N) is 1. The molecule has 0 fully saturated rings. The van der Waals surface area contributed by atoms with Crippen LogP contribution in [0.3, 0.4) is 0 Å². The number of aryl methyl sites for hydroxylation is 2. The number of carbonyl (C=O) groups excluding carboxylic acids is 2. The lowest BCUT2D eigenvalue weighted by atomic mass is 9.99. The summed E-state index contributed by atoms with van der Waals surface area (Å²) in [6.07, 6.45) is 0.500. The van der Waals surface area contributed by atoms with Gasteiger partial charge >= 0.3 is 0 Å². The summed E-state index contributed by atoms with van der Waals surface area (Å²) in [5.74, 6) is -0.152. The smallest absolute Gasteiger partial charge is 0.220 e. The van der Waals surface area contributed by atoms with Crippen molar-refractivity contribution in [3.63, 3.8) is 0 Å². The van der Waals surface area contributed by atoms with Crippen LogP contribution < -0.4 is 5.32 Å². The molecule has 0 saturated heterocycles. The molecule has 0 saturated carbocycles. The predicted molar refractivity (Wildman–Crippen MR) is 78.8 cm³/mol. The summed E-state index contributed by atoms with van der Waals surface area (Å²) in [4.78, 5) is 23.7. The Labute approximate surface area is 120 Å². The van der Waals surface area contributed by atoms with E-state index in [4.69, 9.17) is 5.11 Å². The van der Waals surface area contributed by atoms with Crippen molar-refractivity contribution >= 4 is 11.7 Å². The summed E-state index contributed by atoms with van der Waals surface area (Å²) in [6, 6.07) is 5.75. The van der Waals surface area contributed by atoms with Crippen LogP contribution in [-0.4, -0.2) is 29.4 Å². The number of amides is 1. The molecule has 0 aliphatic carbocycles. The molecule has 0 aliphatic rings. The molecule has 1 rings (SSSR count). The van der Waals surface area contributed by atoms with Gasteiger partial charge in [0.25, 0.3) is 0 Å². The Balaban J connectivity index is 2.43. The van der Waals surface area contributed by atoms with Crippen LogP contribution in [0.2, 0.25) is 0 Å². The molecule has 1 aromatic rings. The molecule has 1 aromatic carbocycles. The molecule has 1 unspecified atom stereocenters. The Hall–Kier alpha value is -1.68. The van der Waals surface area contributed by atoms with E-state index in [1.54, 1.807) is 6.92 Å². The number of aliphatic hydroxyl groups excluding tert-OH is 1. The van der Waals surface area contributed by atoms with Crippen molar-refractivity contribution < 1.29 is 14.7 Å². The minimum absolute atomic E-state index is 0.00289. The summed E-state index contributed by atoms with van der Waals surface area (Å²) in [6.45, 7) is 5.96. The van der Waals surface area contributed by atoms with Crippen molar-refractivity contribution in [2.24, 2.45) is 0 Å². The van der Waals surface area contributed by atoms with E-state index in [-0.39, 0.29) is 24.5 Å². The van der Waals surface area contributed by atoms with Gasteiger partial charge in [-0.15, -0.1) is 0 Å². The zero-order valence-electron chi connectivity index (χ0n) is 12.4. The number of rotatable bonds is 7. The first-order chi connectivity index (χ1) is 9.40. The highest BCUT2D eigenvalue weighted by Gasteiger charge is 2.11. The quantitative estimate of drug-likeness (QED) is 0.750. The van der Waals surface area contributed by atoms with Gasteiger partial charge in [0.15, 0.2) is 5.78 Å². The summed E-state index contributed by atoms with van der Waals surface area (Å²) < 4.78 is 0. The molecule has 0 heterocycles. The Bertz CT molecular complexity index is 481. The van der Waals surface area contributed by atoms with Gasteiger partial charge in [-0.2, -0.15) is 0 Å². The fraction of sp³-hybridized carbons (Fsp3) is 0.500. The molecular formula is C16H23NO3. The predicted octanol–water partition coefficient (Wildman–Crippen LogP) is 2.15. The lowest BCUT2D eigenvalue weighted by Crippen LogP contribution is -2.26. The Morgan fingerprint density at radius 1 is 1.25 bits per heavy atom. The normalized spacial score (nSPS) is 12.0. The lowest BCUT2D eigenvalue weighted by Gasteiger charge is -2.08. The standard InChI is InChI=1S/C16H23NO3/c1-11-4-5-12(2)14(10-11)15(19)6-7-16(20)17-9-8-13(3)18/h4-5,10,13,18H,6-9H2,1-3H3,(H,17,20). The van der Waals surface area contributed by atoms with E-state index in [0.717, 1.165) is 11.1 Å². The maximum atomic E-state index is 12.1. The van der Waals surface area contributed by atoms with Crippen LogP contribution >= 0.6 is 0 Å². The second-order valence-electron chi connectivity index (χ2n) is 5.23. The van der Waals surface area contributed by atoms with E-state index >= 15 is 0 Å². The van der Waals surface area contributed by atoms with E-state index < -0.39 is 6.10 Å². The number of hydrogen-bond acceptors (Lipinski definition) is 3. The fourth-order valence-corrected chi connectivity index (χ4v) is 1.91. The molecule has 0 aliphatic heterocycles. The SMILES string of the molecule is Cc1ccc(C)c(C(=O)CCC(=O)NCCC(C)O)c1. The van der Waals surface area contributed by atoms with Crippen LogP contribution in [-0.2, 0) is 4.79 Å². The van der Waals surface area contributed by atoms with E-state index in [9.17, 15) is 9.59 Å². The second kappa shape index (κ2) is 7.80. The molecule has 2 N–H and O–H groups in total. The third-order valence-electron chi connectivity index (χ3n) is 3.16. The lowest BCUT2D eigenvalue weighted by molar-refractivity contribution is -0.121. The molecule has 110 valence electrons. The van der Waals surface area contributed by atoms with Gasteiger partial charge < -0.3 is 10.4 Å². The van der Waals surface area contributed by atoms with Gasteiger partial charge in [0.1, 0.15) is 0 Å². The van der Waals surface area contributed by atoms with E-state index in [0.29, 0.717) is 18.5 Å². The third-order valence-corrected chi connectivity index (χ3v) is 3.16. The van der Waals surface area contributed by atoms with E-state index in [2.05, 4.69) is 5.32 Å². The summed E-state index contributed by atoms with van der Waals surface area (Å²) >= 11 is 0. The zero-order chi connectivity index (χ0) is 15.1. The summed E-state index contributed by atoms with van der Waals surface area (Å²) in [5.41, 5.74) is 2.68. The first kappa shape index (κ1) is 16.4. The van der Waals surface area contributed by atoms with Gasteiger partial charge in [0.05, 0.1) is 6.10 Å². The highest BCUT2D eigenvalue weighted by Crippen LogP contribution is 2.13. The topological polar surface area (TPSA) is 66.4 Å². The van der Waals surface area contributed by atoms with E-state index in [1.165, 1.54) is 0 Å². The van der Waals surface area contributed by atoms with Crippen molar-refractivity contribution in [1.29, 1.82) is 0 Å². The van der Waals surface area contributed by atoms with Crippen LogP contribution in [0.1, 0.15) is 47.7 Å². The molecule has 1 atom stereocenters.